The zero-order valence-corrected chi connectivity index (χ0v) is 20.6. The molecule has 0 aromatic carbocycles. The van der Waals surface area contributed by atoms with E-state index >= 15 is 0 Å². The second-order valence-corrected chi connectivity index (χ2v) is 5.72. The number of hydrogen-bond acceptors (Lipinski definition) is 4. The molecule has 3 aliphatic carbocycles. The molecule has 3 aliphatic rings. The van der Waals surface area contributed by atoms with Crippen LogP contribution < -0.4 is 10.2 Å². The van der Waals surface area contributed by atoms with E-state index in [0.717, 1.165) is 13.8 Å². The molecule has 5 heteroatoms. The molecule has 6 radical (unpaired) electrons. The molecular formula is C25H27O4Sb-2. The Balaban J connectivity index is -0.000000309. The summed E-state index contributed by atoms with van der Waals surface area (Å²) in [5.41, 5.74) is 12.7. The van der Waals surface area contributed by atoms with Gasteiger partial charge in [0.15, 0.2) is 0 Å². The Morgan fingerprint density at radius 2 is 0.800 bits per heavy atom. The summed E-state index contributed by atoms with van der Waals surface area (Å²) in [4.78, 5) is 17.8. The summed E-state index contributed by atoms with van der Waals surface area (Å²) in [7, 11) is 0. The minimum absolute atomic E-state index is 0. The van der Waals surface area contributed by atoms with Crippen molar-refractivity contribution in [2.75, 3.05) is 0 Å². The molecule has 0 N–H and O–H groups in total. The molecule has 30 heavy (non-hydrogen) atoms. The third-order valence-electron chi connectivity index (χ3n) is 2.65. The fourth-order valence-corrected chi connectivity index (χ4v) is 1.41. The van der Waals surface area contributed by atoms with E-state index in [0.29, 0.717) is 0 Å². The van der Waals surface area contributed by atoms with E-state index in [2.05, 4.69) is 38.0 Å². The number of carboxylic acids is 2. The first-order valence-electron chi connectivity index (χ1n) is 8.78. The quantitative estimate of drug-likeness (QED) is 0.369. The van der Waals surface area contributed by atoms with Gasteiger partial charge in [-0.25, -0.2) is 0 Å². The molecule has 0 aromatic rings. The minimum atomic E-state index is -1.08. The van der Waals surface area contributed by atoms with Crippen molar-refractivity contribution in [1.82, 2.24) is 0 Å². The van der Waals surface area contributed by atoms with Crippen LogP contribution >= 0.6 is 0 Å². The van der Waals surface area contributed by atoms with Gasteiger partial charge in [-0.2, -0.15) is 0 Å². The van der Waals surface area contributed by atoms with Crippen LogP contribution in [0.25, 0.3) is 0 Å². The zero-order valence-electron chi connectivity index (χ0n) is 18.0. The van der Waals surface area contributed by atoms with Crippen molar-refractivity contribution in [1.29, 1.82) is 0 Å². The summed E-state index contributed by atoms with van der Waals surface area (Å²) < 4.78 is 0. The average Bonchev–Trinajstić information content (AvgIpc) is 2.64. The molecule has 0 spiro atoms. The zero-order chi connectivity index (χ0) is 22.5. The van der Waals surface area contributed by atoms with E-state index in [4.69, 9.17) is 19.8 Å². The number of allylic oxidation sites excluding steroid dienone is 9. The van der Waals surface area contributed by atoms with Crippen LogP contribution in [-0.4, -0.2) is 36.4 Å². The molecule has 0 heterocycles. The van der Waals surface area contributed by atoms with E-state index in [1.165, 1.54) is 16.7 Å². The van der Waals surface area contributed by atoms with Gasteiger partial charge in [-0.1, -0.05) is 34.9 Å². The second-order valence-electron chi connectivity index (χ2n) is 5.72. The van der Waals surface area contributed by atoms with E-state index < -0.39 is 11.9 Å². The van der Waals surface area contributed by atoms with Gasteiger partial charge in [-0.05, 0) is 71.1 Å². The predicted molar refractivity (Wildman–Crippen MR) is 119 cm³/mol. The van der Waals surface area contributed by atoms with Crippen LogP contribution in [0.5, 0.6) is 0 Å². The molecule has 0 atom stereocenters. The van der Waals surface area contributed by atoms with Crippen molar-refractivity contribution < 1.29 is 19.8 Å². The van der Waals surface area contributed by atoms with Crippen molar-refractivity contribution in [3.8, 4) is 0 Å². The summed E-state index contributed by atoms with van der Waals surface area (Å²) in [6.07, 6.45) is 23.6. The summed E-state index contributed by atoms with van der Waals surface area (Å²) in [6.45, 7) is 8.13. The number of carboxylic acid groups (broad SMARTS) is 2. The fraction of sp³-hybridized carbons (Fsp3) is 0.200. The summed E-state index contributed by atoms with van der Waals surface area (Å²) in [5, 5.41) is 17.8. The van der Waals surface area contributed by atoms with Gasteiger partial charge >= 0.3 is 0 Å². The topological polar surface area (TPSA) is 80.3 Å². The van der Waals surface area contributed by atoms with Crippen LogP contribution in [0.3, 0.4) is 0 Å². The van der Waals surface area contributed by atoms with Crippen molar-refractivity contribution in [2.24, 2.45) is 0 Å². The number of rotatable bonds is 0. The van der Waals surface area contributed by atoms with Gasteiger partial charge in [0.1, 0.15) is 0 Å². The van der Waals surface area contributed by atoms with Crippen LogP contribution in [-0.2, 0) is 9.59 Å². The van der Waals surface area contributed by atoms with Crippen LogP contribution in [0.2, 0.25) is 0 Å². The Kier molecular flexibility index (Phi) is 24.5. The maximum absolute atomic E-state index is 8.89. The van der Waals surface area contributed by atoms with Crippen molar-refractivity contribution >= 4 is 36.4 Å². The van der Waals surface area contributed by atoms with Crippen molar-refractivity contribution in [3.63, 3.8) is 0 Å². The molecule has 4 nitrogen and oxygen atoms in total. The molecule has 0 bridgehead atoms. The third kappa shape index (κ3) is 33.1. The van der Waals surface area contributed by atoms with E-state index in [-0.39, 0.29) is 24.4 Å². The number of carbonyl (C=O) groups is 2. The van der Waals surface area contributed by atoms with E-state index in [1.54, 1.807) is 0 Å². The maximum atomic E-state index is 8.89. The first-order chi connectivity index (χ1) is 13.6. The monoisotopic (exact) mass is 512 g/mol. The number of carbonyl (C=O) groups excluding carboxylic acids is 2. The molecule has 0 fully saturated rings. The molecule has 158 valence electrons. The minimum Gasteiger partial charge on any atom is -0.550 e. The molecule has 0 saturated heterocycles. The van der Waals surface area contributed by atoms with Crippen LogP contribution in [0.4, 0.5) is 0 Å². The summed E-state index contributed by atoms with van der Waals surface area (Å²) >= 11 is 0. The van der Waals surface area contributed by atoms with Gasteiger partial charge in [0.25, 0.3) is 0 Å². The van der Waals surface area contributed by atoms with Crippen molar-refractivity contribution in [3.05, 3.63) is 108 Å². The maximum Gasteiger partial charge on any atom is 0.0383 e. The Bertz CT molecular complexity index is 694. The molecule has 3 rings (SSSR count). The number of hydrogen-bond donors (Lipinski definition) is 0. The number of aliphatic carboxylic acids is 2. The second kappa shape index (κ2) is 22.8. The molecule has 0 aliphatic heterocycles. The first kappa shape index (κ1) is 32.2. The van der Waals surface area contributed by atoms with Gasteiger partial charge in [0.2, 0.25) is 0 Å². The standard InChI is InChI=1S/3C7H7.2C2H4O2.Sb/c3*1-7-5-3-2-4-6-7;2*1-2(3)4;/h3*3-6H,1H3;2*1H3,(H,3,4);/p-2. The van der Waals surface area contributed by atoms with Gasteiger partial charge in [0, 0.05) is 55.6 Å². The van der Waals surface area contributed by atoms with E-state index in [1.807, 2.05) is 73.9 Å². The fourth-order valence-electron chi connectivity index (χ4n) is 1.41. The largest absolute Gasteiger partial charge is 0.550 e. The van der Waals surface area contributed by atoms with Gasteiger partial charge in [0.05, 0.1) is 0 Å². The molecular weight excluding hydrogens is 486 g/mol. The Morgan fingerprint density at radius 1 is 0.600 bits per heavy atom. The predicted octanol–water partition coefficient (Wildman–Crippen LogP) is 2.72. The van der Waals surface area contributed by atoms with Gasteiger partial charge in [-0.3, -0.25) is 0 Å². The Labute approximate surface area is 198 Å². The molecule has 0 aromatic heterocycles. The molecule has 0 amide bonds. The Hall–Kier alpha value is -2.46. The van der Waals surface area contributed by atoms with Crippen LogP contribution in [0.15, 0.2) is 88.6 Å². The summed E-state index contributed by atoms with van der Waals surface area (Å²) in [5.74, 6) is -2.17. The van der Waals surface area contributed by atoms with Crippen LogP contribution in [0.1, 0.15) is 34.6 Å². The van der Waals surface area contributed by atoms with Gasteiger partial charge in [-0.15, -0.1) is 17.2 Å². The SMILES string of the molecule is CC(=O)[O-].CC(=O)[O-].CC1=CC=C=C[CH]1.CC1=CC=C=C[CH]1.CC1=CC=C=C[CH]1.[Sb]. The summed E-state index contributed by atoms with van der Waals surface area (Å²) in [6, 6.07) is 0. The van der Waals surface area contributed by atoms with Crippen LogP contribution in [0, 0.1) is 19.3 Å². The molecule has 0 saturated carbocycles. The van der Waals surface area contributed by atoms with Crippen molar-refractivity contribution in [2.45, 2.75) is 34.6 Å². The van der Waals surface area contributed by atoms with Gasteiger partial charge < -0.3 is 19.8 Å². The Morgan fingerprint density at radius 3 is 0.867 bits per heavy atom. The third-order valence-corrected chi connectivity index (χ3v) is 2.65. The average molecular weight is 513 g/mol. The smallest absolute Gasteiger partial charge is 0.0383 e. The molecule has 0 unspecified atom stereocenters. The normalized spacial score (nSPS) is 13.6. The van der Waals surface area contributed by atoms with E-state index in [9.17, 15) is 0 Å². The first-order valence-corrected chi connectivity index (χ1v) is 8.78.